The fourth-order valence-corrected chi connectivity index (χ4v) is 4.93. The van der Waals surface area contributed by atoms with Crippen molar-refractivity contribution in [1.29, 1.82) is 0 Å². The van der Waals surface area contributed by atoms with E-state index in [4.69, 9.17) is 5.11 Å². The van der Waals surface area contributed by atoms with E-state index >= 15 is 0 Å². The Balaban J connectivity index is 1.84. The van der Waals surface area contributed by atoms with Gasteiger partial charge >= 0.3 is 5.69 Å². The predicted molar refractivity (Wildman–Crippen MR) is 132 cm³/mol. The number of carbonyl (C=O) groups is 1. The molecule has 0 aliphatic rings. The van der Waals surface area contributed by atoms with E-state index < -0.39 is 0 Å². The number of aromatic amines is 1. The lowest BCUT2D eigenvalue weighted by atomic mass is 10.0. The summed E-state index contributed by atoms with van der Waals surface area (Å²) >= 11 is 0. The number of imidazole rings is 1. The summed E-state index contributed by atoms with van der Waals surface area (Å²) in [6.45, 7) is 6.30. The van der Waals surface area contributed by atoms with Gasteiger partial charge in [0.25, 0.3) is 0 Å². The van der Waals surface area contributed by atoms with Crippen LogP contribution in [0.4, 0.5) is 0 Å². The number of aliphatic hydroxyl groups excluding tert-OH is 1. The highest BCUT2D eigenvalue weighted by Crippen LogP contribution is 2.32. The molecule has 0 saturated carbocycles. The highest BCUT2D eigenvalue weighted by atomic mass is 16.3. The van der Waals surface area contributed by atoms with Crippen LogP contribution in [-0.4, -0.2) is 38.3 Å². The van der Waals surface area contributed by atoms with Crippen LogP contribution in [0.15, 0.2) is 53.5 Å². The van der Waals surface area contributed by atoms with Gasteiger partial charge in [0.1, 0.15) is 0 Å². The maximum Gasteiger partial charge on any atom is 0.329 e. The lowest BCUT2D eigenvalue weighted by Gasteiger charge is -2.18. The number of aromatic nitrogens is 3. The van der Waals surface area contributed by atoms with Gasteiger partial charge in [-0.15, -0.1) is 0 Å². The first-order valence-electron chi connectivity index (χ1n) is 11.6. The molecule has 33 heavy (non-hydrogen) atoms. The molecule has 174 valence electrons. The summed E-state index contributed by atoms with van der Waals surface area (Å²) in [6, 6.07) is 13.5. The monoisotopic (exact) mass is 448 g/mol. The zero-order chi connectivity index (χ0) is 23.5. The van der Waals surface area contributed by atoms with Gasteiger partial charge in [0, 0.05) is 41.7 Å². The molecule has 2 aromatic heterocycles. The maximum atomic E-state index is 13.9. The first-order chi connectivity index (χ1) is 16.0. The number of H-pyrrole nitrogens is 1. The molecule has 0 radical (unpaired) electrons. The van der Waals surface area contributed by atoms with Gasteiger partial charge in [-0.05, 0) is 44.0 Å². The summed E-state index contributed by atoms with van der Waals surface area (Å²) in [5, 5.41) is 12.9. The molecule has 0 aliphatic carbocycles. The van der Waals surface area contributed by atoms with E-state index in [2.05, 4.69) is 37.1 Å². The van der Waals surface area contributed by atoms with Gasteiger partial charge in [-0.25, -0.2) is 4.79 Å². The van der Waals surface area contributed by atoms with E-state index in [-0.39, 0.29) is 43.3 Å². The number of nitrogens with zero attached hydrogens (tertiary/aromatic N) is 2. The number of fused-ring (bicyclic) bond motifs is 2. The zero-order valence-corrected chi connectivity index (χ0v) is 19.5. The van der Waals surface area contributed by atoms with Crippen molar-refractivity contribution in [3.63, 3.8) is 0 Å². The highest BCUT2D eigenvalue weighted by molar-refractivity contribution is 5.87. The number of aryl methyl sites for hydroxylation is 1. The summed E-state index contributed by atoms with van der Waals surface area (Å²) < 4.78 is 3.63. The number of amides is 1. The van der Waals surface area contributed by atoms with Gasteiger partial charge in [-0.1, -0.05) is 37.6 Å². The minimum absolute atomic E-state index is 0.106. The molecule has 0 bridgehead atoms. The van der Waals surface area contributed by atoms with Crippen LogP contribution in [-0.2, 0) is 4.79 Å². The fourth-order valence-electron chi connectivity index (χ4n) is 4.93. The third-order valence-electron chi connectivity index (χ3n) is 6.44. The normalized spacial score (nSPS) is 13.5. The van der Waals surface area contributed by atoms with Crippen molar-refractivity contribution >= 4 is 27.8 Å². The Bertz CT molecular complexity index is 1330. The van der Waals surface area contributed by atoms with Crippen LogP contribution in [0.3, 0.4) is 0 Å². The molecule has 2 heterocycles. The number of carbonyl (C=O) groups excluding carboxylic acids is 1. The molecule has 7 heteroatoms. The van der Waals surface area contributed by atoms with Crippen LogP contribution >= 0.6 is 0 Å². The quantitative estimate of drug-likeness (QED) is 0.361. The van der Waals surface area contributed by atoms with Gasteiger partial charge in [0.05, 0.1) is 23.7 Å². The Morgan fingerprint density at radius 3 is 2.55 bits per heavy atom. The Kier molecular flexibility index (Phi) is 6.70. The van der Waals surface area contributed by atoms with Crippen LogP contribution in [0.1, 0.15) is 56.3 Å². The Labute approximate surface area is 193 Å². The first-order valence-corrected chi connectivity index (χ1v) is 11.6. The molecule has 1 unspecified atom stereocenters. The molecule has 7 nitrogen and oxygen atoms in total. The van der Waals surface area contributed by atoms with Crippen molar-refractivity contribution in [2.24, 2.45) is 0 Å². The summed E-state index contributed by atoms with van der Waals surface area (Å²) in [4.78, 5) is 29.7. The summed E-state index contributed by atoms with van der Waals surface area (Å²) in [5.41, 5.74) is 4.87. The second-order valence-corrected chi connectivity index (χ2v) is 8.65. The number of nitrogens with one attached hydrogen (secondary N) is 2. The van der Waals surface area contributed by atoms with Crippen molar-refractivity contribution in [2.45, 2.75) is 52.1 Å². The summed E-state index contributed by atoms with van der Waals surface area (Å²) in [6.07, 6.45) is 3.75. The van der Waals surface area contributed by atoms with Crippen LogP contribution in [0.2, 0.25) is 0 Å². The van der Waals surface area contributed by atoms with Crippen LogP contribution < -0.4 is 11.0 Å². The molecular formula is C26H32N4O3. The van der Waals surface area contributed by atoms with Gasteiger partial charge in [0.2, 0.25) is 5.91 Å². The number of para-hydroxylation sites is 2. The molecule has 0 fully saturated rings. The minimum Gasteiger partial charge on any atom is -0.395 e. The Morgan fingerprint density at radius 2 is 1.85 bits per heavy atom. The number of benzene rings is 2. The predicted octanol–water partition coefficient (Wildman–Crippen LogP) is 4.04. The molecule has 0 aliphatic heterocycles. The SMILES string of the molecule is CCCC(CC(=O)NCCO)n1c(=O)n([C@@H](C)c2c[nH]c3cccc(C)c23)c2ccccc21. The second-order valence-electron chi connectivity index (χ2n) is 8.65. The lowest BCUT2D eigenvalue weighted by molar-refractivity contribution is -0.122. The molecule has 2 atom stereocenters. The Hall–Kier alpha value is -3.32. The summed E-state index contributed by atoms with van der Waals surface area (Å²) in [5.74, 6) is -0.161. The van der Waals surface area contributed by atoms with Crippen LogP contribution in [0, 0.1) is 6.92 Å². The van der Waals surface area contributed by atoms with Crippen molar-refractivity contribution < 1.29 is 9.90 Å². The second kappa shape index (κ2) is 9.67. The molecule has 0 spiro atoms. The van der Waals surface area contributed by atoms with Crippen LogP contribution in [0.25, 0.3) is 21.9 Å². The lowest BCUT2D eigenvalue weighted by Crippen LogP contribution is -2.33. The number of rotatable bonds is 9. The number of aliphatic hydroxyl groups is 1. The molecule has 4 rings (SSSR count). The fraction of sp³-hybridized carbons (Fsp3) is 0.385. The molecule has 2 aromatic carbocycles. The third kappa shape index (κ3) is 4.20. The van der Waals surface area contributed by atoms with Gasteiger partial charge in [-0.2, -0.15) is 0 Å². The van der Waals surface area contributed by atoms with Gasteiger partial charge < -0.3 is 15.4 Å². The van der Waals surface area contributed by atoms with Gasteiger partial charge in [-0.3, -0.25) is 13.9 Å². The molecular weight excluding hydrogens is 416 g/mol. The van der Waals surface area contributed by atoms with E-state index in [0.717, 1.165) is 39.5 Å². The van der Waals surface area contributed by atoms with Gasteiger partial charge in [0.15, 0.2) is 0 Å². The summed E-state index contributed by atoms with van der Waals surface area (Å²) in [7, 11) is 0. The standard InChI is InChI=1S/C26H32N4O3/c1-4-8-19(15-24(32)27-13-14-31)30-23-12-6-5-11-22(23)29(26(30)33)18(3)20-16-28-21-10-7-9-17(2)25(20)21/h5-7,9-12,16,18-19,28,31H,4,8,13-15H2,1-3H3,(H,27,32)/t18-,19?/m0/s1. The topological polar surface area (TPSA) is 92.0 Å². The van der Waals surface area contributed by atoms with E-state index in [0.29, 0.717) is 6.42 Å². The van der Waals surface area contributed by atoms with Crippen LogP contribution in [0.5, 0.6) is 0 Å². The van der Waals surface area contributed by atoms with E-state index in [9.17, 15) is 9.59 Å². The van der Waals surface area contributed by atoms with E-state index in [1.54, 1.807) is 4.57 Å². The largest absolute Gasteiger partial charge is 0.395 e. The van der Waals surface area contributed by atoms with Crippen molar-refractivity contribution in [3.05, 3.63) is 70.3 Å². The first kappa shape index (κ1) is 22.9. The number of hydrogen-bond acceptors (Lipinski definition) is 3. The highest BCUT2D eigenvalue weighted by Gasteiger charge is 2.26. The average molecular weight is 449 g/mol. The smallest absolute Gasteiger partial charge is 0.329 e. The molecule has 0 saturated heterocycles. The average Bonchev–Trinajstić information content (AvgIpc) is 3.36. The maximum absolute atomic E-state index is 13.9. The van der Waals surface area contributed by atoms with E-state index in [1.807, 2.05) is 47.2 Å². The number of hydrogen-bond donors (Lipinski definition) is 3. The third-order valence-corrected chi connectivity index (χ3v) is 6.44. The van der Waals surface area contributed by atoms with Crippen molar-refractivity contribution in [3.8, 4) is 0 Å². The molecule has 1 amide bonds. The molecule has 4 aromatic rings. The molecule has 3 N–H and O–H groups in total. The Morgan fingerprint density at radius 1 is 1.12 bits per heavy atom. The van der Waals surface area contributed by atoms with Crippen molar-refractivity contribution in [1.82, 2.24) is 19.4 Å². The van der Waals surface area contributed by atoms with Crippen molar-refractivity contribution in [2.75, 3.05) is 13.2 Å². The zero-order valence-electron chi connectivity index (χ0n) is 19.5. The van der Waals surface area contributed by atoms with E-state index in [1.165, 1.54) is 0 Å². The minimum atomic E-state index is -0.260.